The maximum atomic E-state index is 13.4. The van der Waals surface area contributed by atoms with Crippen molar-refractivity contribution < 1.29 is 13.9 Å². The molecule has 0 spiro atoms. The predicted octanol–water partition coefficient (Wildman–Crippen LogP) is 3.27. The number of amides is 2. The Morgan fingerprint density at radius 2 is 2.30 bits per heavy atom. The number of hydrogen-bond donors (Lipinski definition) is 1. The lowest BCUT2D eigenvalue weighted by Gasteiger charge is -2.28. The zero-order valence-electron chi connectivity index (χ0n) is 13.7. The maximum absolute atomic E-state index is 13.4. The fourth-order valence-electron chi connectivity index (χ4n) is 3.61. The van der Waals surface area contributed by atoms with Crippen molar-refractivity contribution in [2.75, 3.05) is 26.3 Å². The number of halogens is 1. The van der Waals surface area contributed by atoms with Gasteiger partial charge in [-0.15, -0.1) is 0 Å². The molecule has 5 heteroatoms. The first-order valence-corrected chi connectivity index (χ1v) is 8.59. The molecule has 1 fully saturated rings. The van der Waals surface area contributed by atoms with E-state index in [1.165, 1.54) is 6.07 Å². The molecule has 1 aliphatic heterocycles. The van der Waals surface area contributed by atoms with Crippen molar-refractivity contribution in [1.29, 1.82) is 0 Å². The maximum Gasteiger partial charge on any atom is 0.317 e. The molecule has 1 aliphatic carbocycles. The summed E-state index contributed by atoms with van der Waals surface area (Å²) < 4.78 is 18.8. The van der Waals surface area contributed by atoms with Gasteiger partial charge in [0.1, 0.15) is 5.82 Å². The quantitative estimate of drug-likeness (QED) is 0.925. The first-order valence-electron chi connectivity index (χ1n) is 8.59. The van der Waals surface area contributed by atoms with Gasteiger partial charge in [-0.2, -0.15) is 0 Å². The van der Waals surface area contributed by atoms with Gasteiger partial charge in [0.05, 0.1) is 12.6 Å². The molecule has 0 saturated carbocycles. The standard InChI is InChI=1S/C18H25FN2O2/c1-2-23-12-13-8-9-21(11-13)18(22)20-17-5-3-4-14-10-15(19)6-7-16(14)17/h6-7,10,13,17H,2-5,8-9,11-12H2,1H3,(H,20,22)/t13-,17+/m1/s1. The van der Waals surface area contributed by atoms with Crippen LogP contribution in [0.5, 0.6) is 0 Å². The average Bonchev–Trinajstić information content (AvgIpc) is 3.02. The smallest absolute Gasteiger partial charge is 0.317 e. The molecule has 4 nitrogen and oxygen atoms in total. The van der Waals surface area contributed by atoms with E-state index in [4.69, 9.17) is 4.74 Å². The van der Waals surface area contributed by atoms with Crippen molar-refractivity contribution in [1.82, 2.24) is 10.2 Å². The monoisotopic (exact) mass is 320 g/mol. The zero-order valence-corrected chi connectivity index (χ0v) is 13.7. The van der Waals surface area contributed by atoms with Crippen LogP contribution in [-0.4, -0.2) is 37.2 Å². The van der Waals surface area contributed by atoms with Crippen LogP contribution in [-0.2, 0) is 11.2 Å². The summed E-state index contributed by atoms with van der Waals surface area (Å²) in [6, 6.07) is 4.89. The molecule has 1 heterocycles. The van der Waals surface area contributed by atoms with Crippen LogP contribution in [0.25, 0.3) is 0 Å². The van der Waals surface area contributed by atoms with Crippen molar-refractivity contribution in [2.45, 2.75) is 38.6 Å². The molecule has 0 unspecified atom stereocenters. The number of likely N-dealkylation sites (tertiary alicyclic amines) is 1. The molecule has 23 heavy (non-hydrogen) atoms. The van der Waals surface area contributed by atoms with Gasteiger partial charge in [0.25, 0.3) is 0 Å². The Balaban J connectivity index is 1.59. The predicted molar refractivity (Wildman–Crippen MR) is 86.8 cm³/mol. The second-order valence-electron chi connectivity index (χ2n) is 6.50. The minimum Gasteiger partial charge on any atom is -0.381 e. The van der Waals surface area contributed by atoms with Gasteiger partial charge in [-0.1, -0.05) is 6.07 Å². The molecule has 2 atom stereocenters. The van der Waals surface area contributed by atoms with Gasteiger partial charge in [0.15, 0.2) is 0 Å². The Labute approximate surface area is 137 Å². The van der Waals surface area contributed by atoms with Crippen LogP contribution in [0.4, 0.5) is 9.18 Å². The SMILES string of the molecule is CCOC[C@@H]1CCN(C(=O)N[C@H]2CCCc3cc(F)ccc32)C1. The van der Waals surface area contributed by atoms with E-state index in [0.29, 0.717) is 5.92 Å². The molecule has 1 saturated heterocycles. The third-order valence-corrected chi connectivity index (χ3v) is 4.85. The van der Waals surface area contributed by atoms with E-state index in [2.05, 4.69) is 5.32 Å². The summed E-state index contributed by atoms with van der Waals surface area (Å²) >= 11 is 0. The fraction of sp³-hybridized carbons (Fsp3) is 0.611. The molecule has 0 aromatic heterocycles. The van der Waals surface area contributed by atoms with Gasteiger partial charge in [-0.3, -0.25) is 0 Å². The lowest BCUT2D eigenvalue weighted by molar-refractivity contribution is 0.113. The van der Waals surface area contributed by atoms with Crippen molar-refractivity contribution in [3.05, 3.63) is 35.1 Å². The third kappa shape index (κ3) is 3.83. The van der Waals surface area contributed by atoms with Gasteiger partial charge < -0.3 is 15.0 Å². The van der Waals surface area contributed by atoms with Crippen molar-refractivity contribution in [3.8, 4) is 0 Å². The molecule has 1 N–H and O–H groups in total. The highest BCUT2D eigenvalue weighted by Crippen LogP contribution is 2.30. The first kappa shape index (κ1) is 16.2. The molecular formula is C18H25FN2O2. The van der Waals surface area contributed by atoms with E-state index in [9.17, 15) is 9.18 Å². The molecule has 126 valence electrons. The first-order chi connectivity index (χ1) is 11.2. The number of fused-ring (bicyclic) bond motifs is 1. The number of ether oxygens (including phenoxy) is 1. The van der Waals surface area contributed by atoms with Gasteiger partial charge >= 0.3 is 6.03 Å². The highest BCUT2D eigenvalue weighted by molar-refractivity contribution is 5.75. The topological polar surface area (TPSA) is 41.6 Å². The summed E-state index contributed by atoms with van der Waals surface area (Å²) in [7, 11) is 0. The minimum absolute atomic E-state index is 0.00204. The molecule has 2 amide bonds. The number of benzene rings is 1. The summed E-state index contributed by atoms with van der Waals surface area (Å²) in [6.45, 7) is 4.98. The summed E-state index contributed by atoms with van der Waals surface area (Å²) in [5, 5.41) is 3.14. The Hall–Kier alpha value is -1.62. The van der Waals surface area contributed by atoms with Crippen LogP contribution in [0.15, 0.2) is 18.2 Å². The zero-order chi connectivity index (χ0) is 16.2. The summed E-state index contributed by atoms with van der Waals surface area (Å²) in [4.78, 5) is 14.4. The second-order valence-corrected chi connectivity index (χ2v) is 6.50. The van der Waals surface area contributed by atoms with E-state index < -0.39 is 0 Å². The van der Waals surface area contributed by atoms with Crippen molar-refractivity contribution in [2.24, 2.45) is 5.92 Å². The number of hydrogen-bond acceptors (Lipinski definition) is 2. The number of aryl methyl sites for hydroxylation is 1. The molecule has 1 aromatic rings. The number of nitrogens with one attached hydrogen (secondary N) is 1. The summed E-state index contributed by atoms with van der Waals surface area (Å²) in [6.07, 6.45) is 3.79. The van der Waals surface area contributed by atoms with Crippen LogP contribution >= 0.6 is 0 Å². The third-order valence-electron chi connectivity index (χ3n) is 4.85. The molecule has 0 bridgehead atoms. The molecule has 0 radical (unpaired) electrons. The van der Waals surface area contributed by atoms with E-state index >= 15 is 0 Å². The highest BCUT2D eigenvalue weighted by Gasteiger charge is 2.29. The van der Waals surface area contributed by atoms with Gasteiger partial charge in [0.2, 0.25) is 0 Å². The Bertz CT molecular complexity index is 564. The molecule has 2 aliphatic rings. The van der Waals surface area contributed by atoms with Crippen LogP contribution in [0.2, 0.25) is 0 Å². The van der Waals surface area contributed by atoms with Crippen LogP contribution in [0, 0.1) is 11.7 Å². The van der Waals surface area contributed by atoms with Gasteiger partial charge in [0, 0.05) is 25.6 Å². The van der Waals surface area contributed by atoms with E-state index in [0.717, 1.165) is 63.1 Å². The number of nitrogens with zero attached hydrogens (tertiary/aromatic N) is 1. The van der Waals surface area contributed by atoms with E-state index in [1.54, 1.807) is 6.07 Å². The summed E-state index contributed by atoms with van der Waals surface area (Å²) in [5.74, 6) is 0.238. The van der Waals surface area contributed by atoms with Crippen LogP contribution < -0.4 is 5.32 Å². The lowest BCUT2D eigenvalue weighted by Crippen LogP contribution is -2.41. The molecule has 1 aromatic carbocycles. The normalized spacial score (nSPS) is 23.7. The largest absolute Gasteiger partial charge is 0.381 e. The summed E-state index contributed by atoms with van der Waals surface area (Å²) in [5.41, 5.74) is 2.09. The van der Waals surface area contributed by atoms with Crippen LogP contribution in [0.3, 0.4) is 0 Å². The molecular weight excluding hydrogens is 295 g/mol. The lowest BCUT2D eigenvalue weighted by atomic mass is 9.87. The number of carbonyl (C=O) groups is 1. The van der Waals surface area contributed by atoms with E-state index in [1.807, 2.05) is 17.9 Å². The average molecular weight is 320 g/mol. The van der Waals surface area contributed by atoms with Gasteiger partial charge in [-0.25, -0.2) is 9.18 Å². The Morgan fingerprint density at radius 1 is 1.43 bits per heavy atom. The van der Waals surface area contributed by atoms with Crippen molar-refractivity contribution >= 4 is 6.03 Å². The van der Waals surface area contributed by atoms with E-state index in [-0.39, 0.29) is 17.9 Å². The highest BCUT2D eigenvalue weighted by atomic mass is 19.1. The number of rotatable bonds is 4. The Kier molecular flexibility index (Phi) is 5.16. The van der Waals surface area contributed by atoms with Crippen LogP contribution in [0.1, 0.15) is 43.4 Å². The fourth-order valence-corrected chi connectivity index (χ4v) is 3.61. The molecule has 3 rings (SSSR count). The van der Waals surface area contributed by atoms with Crippen molar-refractivity contribution in [3.63, 3.8) is 0 Å². The number of carbonyl (C=O) groups excluding carboxylic acids is 1. The van der Waals surface area contributed by atoms with Gasteiger partial charge in [-0.05, 0) is 55.9 Å². The minimum atomic E-state index is -0.200. The number of urea groups is 1. The Morgan fingerprint density at radius 3 is 3.13 bits per heavy atom. The second kappa shape index (κ2) is 7.30.